The Morgan fingerprint density at radius 3 is 2.67 bits per heavy atom. The van der Waals surface area contributed by atoms with Crippen LogP contribution in [0.15, 0.2) is 39.6 Å². The van der Waals surface area contributed by atoms with Crippen molar-refractivity contribution < 1.29 is 33.3 Å². The monoisotopic (exact) mass is 374 g/mol. The number of ether oxygens (including phenoxy) is 3. The number of hydrogen-bond donors (Lipinski definition) is 1. The molecule has 8 heteroatoms. The second-order valence-corrected chi connectivity index (χ2v) is 6.01. The van der Waals surface area contributed by atoms with Crippen LogP contribution in [-0.4, -0.2) is 42.0 Å². The summed E-state index contributed by atoms with van der Waals surface area (Å²) in [6.07, 6.45) is -0.370. The average molecular weight is 374 g/mol. The van der Waals surface area contributed by atoms with Gasteiger partial charge in [0.25, 0.3) is 0 Å². The van der Waals surface area contributed by atoms with Crippen LogP contribution >= 0.6 is 0 Å². The van der Waals surface area contributed by atoms with Gasteiger partial charge in [-0.3, -0.25) is 9.59 Å². The van der Waals surface area contributed by atoms with Crippen molar-refractivity contribution >= 4 is 29.0 Å². The third-order valence-electron chi connectivity index (χ3n) is 3.97. The molecule has 0 fully saturated rings. The van der Waals surface area contributed by atoms with E-state index in [2.05, 4.69) is 0 Å². The van der Waals surface area contributed by atoms with E-state index in [1.807, 2.05) is 0 Å². The largest absolute Gasteiger partial charge is 0.481 e. The van der Waals surface area contributed by atoms with Gasteiger partial charge in [-0.25, -0.2) is 4.79 Å². The number of rotatable bonds is 5. The molecule has 1 N–H and O–H groups in total. The van der Waals surface area contributed by atoms with Crippen LogP contribution in [-0.2, 0) is 19.1 Å². The summed E-state index contributed by atoms with van der Waals surface area (Å²) in [5, 5.41) is 10.9. The molecule has 0 spiro atoms. The highest BCUT2D eigenvalue weighted by Crippen LogP contribution is 2.33. The van der Waals surface area contributed by atoms with Crippen LogP contribution in [0.4, 0.5) is 0 Å². The number of fused-ring (bicyclic) bond motifs is 3. The zero-order chi connectivity index (χ0) is 19.6. The minimum atomic E-state index is -1.32. The fourth-order valence-corrected chi connectivity index (χ4v) is 2.80. The van der Waals surface area contributed by atoms with E-state index in [0.29, 0.717) is 11.0 Å². The SMILES string of the molecule is CC(=O)OC[C@@H](O)[C@@H](OC(C)=O)[C@@H]1C=Cc2c(c3ccccc3oc2=O)O1. The molecule has 0 unspecified atom stereocenters. The first-order valence-electron chi connectivity index (χ1n) is 8.26. The number of para-hydroxylation sites is 1. The van der Waals surface area contributed by atoms with E-state index in [4.69, 9.17) is 18.6 Å². The minimum absolute atomic E-state index is 0.223. The molecule has 0 amide bonds. The summed E-state index contributed by atoms with van der Waals surface area (Å²) >= 11 is 0. The van der Waals surface area contributed by atoms with E-state index >= 15 is 0 Å². The number of carbonyl (C=O) groups is 2. The van der Waals surface area contributed by atoms with Gasteiger partial charge in [0.15, 0.2) is 12.2 Å². The van der Waals surface area contributed by atoms with Crippen LogP contribution in [0.25, 0.3) is 17.0 Å². The Hall–Kier alpha value is -3.13. The Bertz CT molecular complexity index is 958. The van der Waals surface area contributed by atoms with E-state index < -0.39 is 35.9 Å². The van der Waals surface area contributed by atoms with Gasteiger partial charge in [-0.15, -0.1) is 0 Å². The van der Waals surface area contributed by atoms with Crippen LogP contribution in [0.1, 0.15) is 19.4 Å². The summed E-state index contributed by atoms with van der Waals surface area (Å²) < 4.78 is 21.1. The van der Waals surface area contributed by atoms with Gasteiger partial charge >= 0.3 is 17.6 Å². The van der Waals surface area contributed by atoms with Crippen molar-refractivity contribution in [1.82, 2.24) is 0 Å². The number of benzene rings is 1. The lowest BCUT2D eigenvalue weighted by Crippen LogP contribution is -2.46. The quantitative estimate of drug-likeness (QED) is 0.618. The minimum Gasteiger partial charge on any atom is -0.481 e. The fraction of sp³-hybridized carbons (Fsp3) is 0.316. The van der Waals surface area contributed by atoms with Crippen molar-refractivity contribution in [3.05, 3.63) is 46.3 Å². The predicted octanol–water partition coefficient (Wildman–Crippen LogP) is 1.42. The number of carbonyl (C=O) groups excluding carboxylic acids is 2. The molecule has 2 aromatic rings. The molecule has 0 radical (unpaired) electrons. The van der Waals surface area contributed by atoms with Crippen LogP contribution in [0.5, 0.6) is 5.75 Å². The molecule has 0 saturated carbocycles. The summed E-state index contributed by atoms with van der Waals surface area (Å²) in [6.45, 7) is 2.02. The summed E-state index contributed by atoms with van der Waals surface area (Å²) in [5.41, 5.74) is 0.00342. The van der Waals surface area contributed by atoms with E-state index in [1.54, 1.807) is 24.3 Å². The van der Waals surface area contributed by atoms with Gasteiger partial charge < -0.3 is 23.7 Å². The summed E-state index contributed by atoms with van der Waals surface area (Å²) in [6, 6.07) is 6.84. The lowest BCUT2D eigenvalue weighted by molar-refractivity contribution is -0.164. The molecule has 3 atom stereocenters. The number of esters is 2. The second-order valence-electron chi connectivity index (χ2n) is 6.01. The molecule has 0 saturated heterocycles. The van der Waals surface area contributed by atoms with Crippen LogP contribution in [0, 0.1) is 0 Å². The number of hydrogen-bond acceptors (Lipinski definition) is 8. The second kappa shape index (κ2) is 7.63. The van der Waals surface area contributed by atoms with Crippen molar-refractivity contribution in [1.29, 1.82) is 0 Å². The summed E-state index contributed by atoms with van der Waals surface area (Å²) in [7, 11) is 0. The molecular formula is C19H18O8. The molecule has 1 aliphatic heterocycles. The Kier molecular flexibility index (Phi) is 5.27. The molecule has 8 nitrogen and oxygen atoms in total. The Morgan fingerprint density at radius 2 is 1.96 bits per heavy atom. The average Bonchev–Trinajstić information content (AvgIpc) is 2.64. The van der Waals surface area contributed by atoms with Crippen molar-refractivity contribution in [2.45, 2.75) is 32.2 Å². The van der Waals surface area contributed by atoms with E-state index in [1.165, 1.54) is 26.0 Å². The van der Waals surface area contributed by atoms with Gasteiger partial charge in [0.05, 0.1) is 5.39 Å². The smallest absolute Gasteiger partial charge is 0.347 e. The van der Waals surface area contributed by atoms with E-state index in [0.717, 1.165) is 0 Å². The van der Waals surface area contributed by atoms with Gasteiger partial charge in [0, 0.05) is 13.8 Å². The highest BCUT2D eigenvalue weighted by Gasteiger charge is 2.35. The fourth-order valence-electron chi connectivity index (χ4n) is 2.80. The third-order valence-corrected chi connectivity index (χ3v) is 3.97. The zero-order valence-corrected chi connectivity index (χ0v) is 14.7. The van der Waals surface area contributed by atoms with Gasteiger partial charge in [0.2, 0.25) is 0 Å². The van der Waals surface area contributed by atoms with Gasteiger partial charge in [-0.2, -0.15) is 0 Å². The van der Waals surface area contributed by atoms with Crippen LogP contribution in [0.2, 0.25) is 0 Å². The topological polar surface area (TPSA) is 112 Å². The molecule has 27 heavy (non-hydrogen) atoms. The molecule has 1 aromatic carbocycles. The van der Waals surface area contributed by atoms with E-state index in [-0.39, 0.29) is 17.9 Å². The first kappa shape index (κ1) is 18.7. The Balaban J connectivity index is 1.95. The van der Waals surface area contributed by atoms with Gasteiger partial charge in [-0.1, -0.05) is 12.1 Å². The maximum atomic E-state index is 12.2. The first-order chi connectivity index (χ1) is 12.9. The Labute approximate surface area is 153 Å². The molecule has 142 valence electrons. The summed E-state index contributed by atoms with van der Waals surface area (Å²) in [4.78, 5) is 34.6. The third kappa shape index (κ3) is 4.01. The molecule has 3 rings (SSSR count). The lowest BCUT2D eigenvalue weighted by Gasteiger charge is -2.31. The number of aliphatic hydroxyl groups excluding tert-OH is 1. The van der Waals surface area contributed by atoms with Crippen LogP contribution in [0.3, 0.4) is 0 Å². The van der Waals surface area contributed by atoms with Gasteiger partial charge in [0.1, 0.15) is 29.6 Å². The van der Waals surface area contributed by atoms with Crippen molar-refractivity contribution in [2.24, 2.45) is 0 Å². The first-order valence-corrected chi connectivity index (χ1v) is 8.26. The normalized spacial score (nSPS) is 17.5. The lowest BCUT2D eigenvalue weighted by atomic mass is 10.0. The van der Waals surface area contributed by atoms with Gasteiger partial charge in [-0.05, 0) is 24.3 Å². The standard InChI is InChI=1S/C19H18O8/c1-10(20)24-9-14(22)18(25-11(2)21)16-8-7-13-17(26-16)12-5-3-4-6-15(12)27-19(13)23/h3-8,14,16,18,22H,9H2,1-2H3/t14-,16+,18-/m1/s1. The maximum Gasteiger partial charge on any atom is 0.347 e. The molecule has 1 aromatic heterocycles. The number of aliphatic hydroxyl groups is 1. The molecule has 2 heterocycles. The molecule has 1 aliphatic rings. The maximum absolute atomic E-state index is 12.2. The van der Waals surface area contributed by atoms with Crippen molar-refractivity contribution in [2.75, 3.05) is 6.61 Å². The van der Waals surface area contributed by atoms with Crippen molar-refractivity contribution in [3.8, 4) is 5.75 Å². The molecular weight excluding hydrogens is 356 g/mol. The van der Waals surface area contributed by atoms with E-state index in [9.17, 15) is 19.5 Å². The molecule has 0 bridgehead atoms. The Morgan fingerprint density at radius 1 is 1.22 bits per heavy atom. The summed E-state index contributed by atoms with van der Waals surface area (Å²) in [5.74, 6) is -0.946. The molecule has 0 aliphatic carbocycles. The van der Waals surface area contributed by atoms with Crippen molar-refractivity contribution in [3.63, 3.8) is 0 Å². The van der Waals surface area contributed by atoms with Crippen LogP contribution < -0.4 is 10.4 Å². The predicted molar refractivity (Wildman–Crippen MR) is 94.1 cm³/mol. The highest BCUT2D eigenvalue weighted by molar-refractivity contribution is 5.87. The highest BCUT2D eigenvalue weighted by atomic mass is 16.6. The zero-order valence-electron chi connectivity index (χ0n) is 14.7.